The fourth-order valence-corrected chi connectivity index (χ4v) is 3.84. The fraction of sp³-hybridized carbons (Fsp3) is 0.217. The average Bonchev–Trinajstić information content (AvgIpc) is 3.48. The molecule has 0 unspecified atom stereocenters. The van der Waals surface area contributed by atoms with E-state index in [1.54, 1.807) is 11.1 Å². The van der Waals surface area contributed by atoms with Gasteiger partial charge in [-0.25, -0.2) is 4.39 Å². The lowest BCUT2D eigenvalue weighted by Crippen LogP contribution is -2.34. The van der Waals surface area contributed by atoms with Gasteiger partial charge in [-0.1, -0.05) is 24.3 Å². The number of carbonyl (C=O) groups is 1. The molecule has 1 aliphatic heterocycles. The van der Waals surface area contributed by atoms with E-state index in [4.69, 9.17) is 9.15 Å². The Hall–Kier alpha value is -3.81. The van der Waals surface area contributed by atoms with Crippen molar-refractivity contribution in [1.29, 1.82) is 0 Å². The zero-order valence-electron chi connectivity index (χ0n) is 16.6. The second-order valence-electron chi connectivity index (χ2n) is 7.31. The largest absolute Gasteiger partial charge is 0.484 e. The van der Waals surface area contributed by atoms with Gasteiger partial charge in [-0.05, 0) is 48.6 Å². The molecule has 0 N–H and O–H groups in total. The van der Waals surface area contributed by atoms with Crippen LogP contribution in [0.5, 0.6) is 5.75 Å². The Labute approximate surface area is 177 Å². The molecule has 1 amide bonds. The molecular weight excluding hydrogens is 399 g/mol. The van der Waals surface area contributed by atoms with E-state index in [9.17, 15) is 9.18 Å². The number of amides is 1. The summed E-state index contributed by atoms with van der Waals surface area (Å²) >= 11 is 0. The van der Waals surface area contributed by atoms with Crippen LogP contribution in [0.4, 0.5) is 4.39 Å². The maximum Gasteiger partial charge on any atom is 0.267 e. The number of hydrogen-bond donors (Lipinski definition) is 0. The molecule has 1 atom stereocenters. The highest BCUT2D eigenvalue weighted by Crippen LogP contribution is 2.33. The summed E-state index contributed by atoms with van der Waals surface area (Å²) in [5, 5.41) is 10.4. The third-order valence-corrected chi connectivity index (χ3v) is 5.35. The number of benzene rings is 2. The molecule has 1 fully saturated rings. The van der Waals surface area contributed by atoms with Crippen LogP contribution < -0.4 is 4.74 Å². The van der Waals surface area contributed by atoms with E-state index in [0.717, 1.165) is 23.6 Å². The number of carbonyl (C=O) groups excluding carboxylic acids is 1. The first-order chi connectivity index (χ1) is 15.2. The zero-order chi connectivity index (χ0) is 21.2. The minimum atomic E-state index is -0.355. The summed E-state index contributed by atoms with van der Waals surface area (Å²) in [7, 11) is 0. The first-order valence-electron chi connectivity index (χ1n) is 10.0. The third-order valence-electron chi connectivity index (χ3n) is 5.35. The Morgan fingerprint density at radius 3 is 2.84 bits per heavy atom. The molecule has 156 valence electrons. The number of fused-ring (bicyclic) bond motifs is 1. The monoisotopic (exact) mass is 418 g/mol. The third kappa shape index (κ3) is 3.84. The van der Waals surface area contributed by atoms with Crippen molar-refractivity contribution < 1.29 is 18.3 Å². The van der Waals surface area contributed by atoms with Crippen LogP contribution in [0.2, 0.25) is 0 Å². The zero-order valence-corrected chi connectivity index (χ0v) is 16.6. The van der Waals surface area contributed by atoms with Gasteiger partial charge in [0.05, 0.1) is 0 Å². The van der Waals surface area contributed by atoms with E-state index in [0.29, 0.717) is 29.8 Å². The summed E-state index contributed by atoms with van der Waals surface area (Å²) in [5.74, 6) is 0.611. The summed E-state index contributed by atoms with van der Waals surface area (Å²) in [6.07, 6.45) is 3.27. The second kappa shape index (κ2) is 8.14. The standard InChI is InChI=1S/C23H19FN4O3/c24-16-7-9-17(10-8-16)30-14-20(29)28-13-3-6-19(28)22-26-27-23(31-22)21-18-5-2-1-4-15(18)11-12-25-21/h1-2,4-5,7-12,19H,3,6,13-14H2/t19-/m1/s1. The summed E-state index contributed by atoms with van der Waals surface area (Å²) in [5.41, 5.74) is 0.618. The Balaban J connectivity index is 1.33. The summed E-state index contributed by atoms with van der Waals surface area (Å²) in [6, 6.07) is 15.0. The number of ether oxygens (including phenoxy) is 1. The highest BCUT2D eigenvalue weighted by molar-refractivity contribution is 5.92. The molecule has 4 aromatic rings. The molecule has 1 saturated heterocycles. The van der Waals surface area contributed by atoms with Crippen LogP contribution in [0.25, 0.3) is 22.4 Å². The van der Waals surface area contributed by atoms with Crippen LogP contribution in [-0.4, -0.2) is 39.1 Å². The molecule has 8 heteroatoms. The van der Waals surface area contributed by atoms with Crippen LogP contribution >= 0.6 is 0 Å². The van der Waals surface area contributed by atoms with Crippen LogP contribution in [0.3, 0.4) is 0 Å². The van der Waals surface area contributed by atoms with Crippen LogP contribution in [-0.2, 0) is 4.79 Å². The molecule has 31 heavy (non-hydrogen) atoms. The maximum absolute atomic E-state index is 13.0. The lowest BCUT2D eigenvalue weighted by molar-refractivity contribution is -0.134. The number of pyridine rings is 1. The van der Waals surface area contributed by atoms with E-state index in [1.807, 2.05) is 30.3 Å². The Bertz CT molecular complexity index is 1220. The number of hydrogen-bond acceptors (Lipinski definition) is 6. The van der Waals surface area contributed by atoms with Gasteiger partial charge in [0, 0.05) is 18.1 Å². The van der Waals surface area contributed by atoms with Crippen LogP contribution in [0, 0.1) is 5.82 Å². The number of nitrogens with zero attached hydrogens (tertiary/aromatic N) is 4. The second-order valence-corrected chi connectivity index (χ2v) is 7.31. The molecule has 5 rings (SSSR count). The summed E-state index contributed by atoms with van der Waals surface area (Å²) in [4.78, 5) is 18.9. The van der Waals surface area contributed by atoms with Crippen molar-refractivity contribution in [3.63, 3.8) is 0 Å². The molecule has 7 nitrogen and oxygen atoms in total. The molecule has 2 aromatic heterocycles. The van der Waals surface area contributed by atoms with Gasteiger partial charge in [-0.2, -0.15) is 0 Å². The van der Waals surface area contributed by atoms with Crippen LogP contribution in [0.15, 0.2) is 65.2 Å². The minimum Gasteiger partial charge on any atom is -0.484 e. The van der Waals surface area contributed by atoms with Crippen molar-refractivity contribution in [3.8, 4) is 17.3 Å². The van der Waals surface area contributed by atoms with Crippen molar-refractivity contribution in [2.75, 3.05) is 13.2 Å². The molecule has 0 radical (unpaired) electrons. The van der Waals surface area contributed by atoms with E-state index < -0.39 is 0 Å². The van der Waals surface area contributed by atoms with Crippen molar-refractivity contribution in [2.24, 2.45) is 0 Å². The minimum absolute atomic E-state index is 0.145. The van der Waals surface area contributed by atoms with Crippen molar-refractivity contribution in [2.45, 2.75) is 18.9 Å². The van der Waals surface area contributed by atoms with Crippen molar-refractivity contribution in [1.82, 2.24) is 20.1 Å². The van der Waals surface area contributed by atoms with E-state index in [-0.39, 0.29) is 24.4 Å². The average molecular weight is 418 g/mol. The number of aromatic nitrogens is 3. The predicted molar refractivity (Wildman–Crippen MR) is 111 cm³/mol. The summed E-state index contributed by atoms with van der Waals surface area (Å²) < 4.78 is 24.5. The Morgan fingerprint density at radius 1 is 1.13 bits per heavy atom. The molecule has 0 aliphatic carbocycles. The smallest absolute Gasteiger partial charge is 0.267 e. The molecule has 1 aliphatic rings. The lowest BCUT2D eigenvalue weighted by Gasteiger charge is -2.22. The predicted octanol–water partition coefficient (Wildman–Crippen LogP) is 4.17. The Morgan fingerprint density at radius 2 is 1.97 bits per heavy atom. The highest BCUT2D eigenvalue weighted by atomic mass is 19.1. The van der Waals surface area contributed by atoms with Gasteiger partial charge in [0.1, 0.15) is 23.3 Å². The molecule has 3 heterocycles. The van der Waals surface area contributed by atoms with Gasteiger partial charge in [-0.15, -0.1) is 10.2 Å². The normalized spacial score (nSPS) is 16.0. The molecule has 0 saturated carbocycles. The van der Waals surface area contributed by atoms with Gasteiger partial charge in [-0.3, -0.25) is 9.78 Å². The lowest BCUT2D eigenvalue weighted by atomic mass is 10.1. The first kappa shape index (κ1) is 19.2. The van der Waals surface area contributed by atoms with Crippen LogP contribution in [0.1, 0.15) is 24.8 Å². The Kier molecular flexibility index (Phi) is 5.03. The van der Waals surface area contributed by atoms with E-state index in [1.165, 1.54) is 24.3 Å². The fourth-order valence-electron chi connectivity index (χ4n) is 3.84. The highest BCUT2D eigenvalue weighted by Gasteiger charge is 2.34. The molecule has 2 aromatic carbocycles. The number of likely N-dealkylation sites (tertiary alicyclic amines) is 1. The number of rotatable bonds is 5. The van der Waals surface area contributed by atoms with Gasteiger partial charge in [0.15, 0.2) is 6.61 Å². The van der Waals surface area contributed by atoms with E-state index >= 15 is 0 Å². The topological polar surface area (TPSA) is 81.4 Å². The van der Waals surface area contributed by atoms with Gasteiger partial charge in [0.25, 0.3) is 11.8 Å². The number of halogens is 1. The quantitative estimate of drug-likeness (QED) is 0.484. The van der Waals surface area contributed by atoms with Crippen molar-refractivity contribution in [3.05, 3.63) is 72.5 Å². The SMILES string of the molecule is O=C(COc1ccc(F)cc1)N1CCC[C@@H]1c1nnc(-c2nccc3ccccc23)o1. The molecule has 0 spiro atoms. The van der Waals surface area contributed by atoms with Crippen molar-refractivity contribution >= 4 is 16.7 Å². The van der Waals surface area contributed by atoms with Gasteiger partial charge < -0.3 is 14.1 Å². The molecule has 0 bridgehead atoms. The van der Waals surface area contributed by atoms with Gasteiger partial charge >= 0.3 is 0 Å². The first-order valence-corrected chi connectivity index (χ1v) is 10.0. The van der Waals surface area contributed by atoms with E-state index in [2.05, 4.69) is 15.2 Å². The van der Waals surface area contributed by atoms with Gasteiger partial charge in [0.2, 0.25) is 5.89 Å². The summed E-state index contributed by atoms with van der Waals surface area (Å²) in [6.45, 7) is 0.439. The maximum atomic E-state index is 13.0. The molecular formula is C23H19FN4O3.